The van der Waals surface area contributed by atoms with Gasteiger partial charge in [-0.1, -0.05) is 6.42 Å². The Balaban J connectivity index is 1.58. The van der Waals surface area contributed by atoms with Gasteiger partial charge in [0.25, 0.3) is 11.8 Å². The number of fused-ring (bicyclic) bond motifs is 1. The first-order valence-corrected chi connectivity index (χ1v) is 10.4. The summed E-state index contributed by atoms with van der Waals surface area (Å²) in [6, 6.07) is 0. The van der Waals surface area contributed by atoms with E-state index in [1.54, 1.807) is 0 Å². The molecule has 9 heteroatoms. The van der Waals surface area contributed by atoms with Crippen molar-refractivity contribution in [1.82, 2.24) is 4.90 Å². The number of likely N-dealkylation sites (tertiary alicyclic amines) is 1. The predicted molar refractivity (Wildman–Crippen MR) is 104 cm³/mol. The van der Waals surface area contributed by atoms with Gasteiger partial charge in [0, 0.05) is 17.8 Å². The maximum Gasteiger partial charge on any atom is 0.326 e. The van der Waals surface area contributed by atoms with E-state index >= 15 is 0 Å². The number of nitrogens with zero attached hydrogens (tertiary/aromatic N) is 1. The molecule has 1 saturated heterocycles. The van der Waals surface area contributed by atoms with Gasteiger partial charge in [0.15, 0.2) is 6.10 Å². The zero-order chi connectivity index (χ0) is 20.3. The highest BCUT2D eigenvalue weighted by Gasteiger charge is 2.28. The lowest BCUT2D eigenvalue weighted by molar-refractivity contribution is -0.156. The topological polar surface area (TPSA) is 119 Å². The first-order chi connectivity index (χ1) is 13.4. The summed E-state index contributed by atoms with van der Waals surface area (Å²) in [5.74, 6) is -1.79. The van der Waals surface area contributed by atoms with Crippen LogP contribution in [0.2, 0.25) is 0 Å². The molecule has 0 saturated carbocycles. The molecule has 2 heterocycles. The van der Waals surface area contributed by atoms with Crippen LogP contribution in [0.1, 0.15) is 59.8 Å². The molecule has 0 bridgehead atoms. The molecule has 1 aliphatic heterocycles. The van der Waals surface area contributed by atoms with E-state index in [9.17, 15) is 19.2 Å². The molecule has 1 aliphatic carbocycles. The summed E-state index contributed by atoms with van der Waals surface area (Å²) in [6.07, 6.45) is 4.64. The number of amides is 3. The summed E-state index contributed by atoms with van der Waals surface area (Å²) >= 11 is 1.35. The third-order valence-electron chi connectivity index (χ3n) is 5.07. The van der Waals surface area contributed by atoms with Crippen LogP contribution in [0.4, 0.5) is 5.00 Å². The highest BCUT2D eigenvalue weighted by Crippen LogP contribution is 2.38. The Morgan fingerprint density at radius 3 is 2.71 bits per heavy atom. The van der Waals surface area contributed by atoms with Crippen LogP contribution in [-0.2, 0) is 32.0 Å². The fourth-order valence-corrected chi connectivity index (χ4v) is 4.91. The first-order valence-electron chi connectivity index (χ1n) is 9.59. The SMILES string of the molecule is C[C@H](OC(=O)CN1CCCCCC1=O)C(=O)Nc1sc2c(c1C(N)=O)CCC2. The van der Waals surface area contributed by atoms with Gasteiger partial charge in [-0.2, -0.15) is 0 Å². The highest BCUT2D eigenvalue weighted by molar-refractivity contribution is 7.17. The van der Waals surface area contributed by atoms with Crippen molar-refractivity contribution < 1.29 is 23.9 Å². The summed E-state index contributed by atoms with van der Waals surface area (Å²) in [6.45, 7) is 1.83. The van der Waals surface area contributed by atoms with E-state index in [0.717, 1.165) is 49.0 Å². The minimum Gasteiger partial charge on any atom is -0.451 e. The molecule has 3 rings (SSSR count). The van der Waals surface area contributed by atoms with Crippen molar-refractivity contribution in [3.8, 4) is 0 Å². The van der Waals surface area contributed by atoms with Crippen LogP contribution in [0.5, 0.6) is 0 Å². The number of nitrogens with two attached hydrogens (primary N) is 1. The van der Waals surface area contributed by atoms with Gasteiger partial charge in [-0.3, -0.25) is 19.2 Å². The van der Waals surface area contributed by atoms with E-state index in [-0.39, 0.29) is 12.5 Å². The van der Waals surface area contributed by atoms with E-state index in [0.29, 0.717) is 23.5 Å². The van der Waals surface area contributed by atoms with Crippen molar-refractivity contribution in [3.63, 3.8) is 0 Å². The number of carbonyl (C=O) groups excluding carboxylic acids is 4. The number of nitrogens with one attached hydrogen (secondary N) is 1. The van der Waals surface area contributed by atoms with Gasteiger partial charge in [0.05, 0.1) is 5.56 Å². The third kappa shape index (κ3) is 4.52. The molecule has 0 spiro atoms. The number of anilines is 1. The standard InChI is InChI=1S/C19H25N3O5S/c1-11(27-15(24)10-22-9-4-2-3-8-14(22)23)18(26)21-19-16(17(20)25)12-6-5-7-13(12)28-19/h11H,2-10H2,1H3,(H2,20,25)(H,21,26)/t11-/m0/s1. The summed E-state index contributed by atoms with van der Waals surface area (Å²) in [5.41, 5.74) is 6.76. The third-order valence-corrected chi connectivity index (χ3v) is 6.28. The van der Waals surface area contributed by atoms with E-state index in [2.05, 4.69) is 5.32 Å². The van der Waals surface area contributed by atoms with Crippen LogP contribution in [0.3, 0.4) is 0 Å². The molecule has 152 valence electrons. The van der Waals surface area contributed by atoms with E-state index in [4.69, 9.17) is 10.5 Å². The van der Waals surface area contributed by atoms with Crippen molar-refractivity contribution in [2.24, 2.45) is 5.73 Å². The number of hydrogen-bond acceptors (Lipinski definition) is 6. The molecule has 0 radical (unpaired) electrons. The van der Waals surface area contributed by atoms with Crippen LogP contribution >= 0.6 is 11.3 Å². The molecular formula is C19H25N3O5S. The number of primary amides is 1. The van der Waals surface area contributed by atoms with E-state index < -0.39 is 23.9 Å². The molecule has 1 aromatic heterocycles. The number of hydrogen-bond donors (Lipinski definition) is 2. The lowest BCUT2D eigenvalue weighted by atomic mass is 10.1. The van der Waals surface area contributed by atoms with E-state index in [1.165, 1.54) is 23.2 Å². The number of aryl methyl sites for hydroxylation is 1. The second kappa shape index (κ2) is 8.72. The Morgan fingerprint density at radius 2 is 1.96 bits per heavy atom. The summed E-state index contributed by atoms with van der Waals surface area (Å²) in [5, 5.41) is 3.08. The Bertz CT molecular complexity index is 804. The molecular weight excluding hydrogens is 382 g/mol. The fourth-order valence-electron chi connectivity index (χ4n) is 3.62. The van der Waals surface area contributed by atoms with Gasteiger partial charge in [-0.05, 0) is 44.6 Å². The fraction of sp³-hybridized carbons (Fsp3) is 0.579. The largest absolute Gasteiger partial charge is 0.451 e. The molecule has 1 fully saturated rings. The van der Waals surface area contributed by atoms with Gasteiger partial charge < -0.3 is 20.7 Å². The number of ether oxygens (including phenoxy) is 1. The zero-order valence-corrected chi connectivity index (χ0v) is 16.7. The molecule has 0 aromatic carbocycles. The Hall–Kier alpha value is -2.42. The quantitative estimate of drug-likeness (QED) is 0.695. The van der Waals surface area contributed by atoms with Gasteiger partial charge in [0.2, 0.25) is 5.91 Å². The second-order valence-corrected chi connectivity index (χ2v) is 8.28. The average Bonchev–Trinajstić information content (AvgIpc) is 3.13. The van der Waals surface area contributed by atoms with Gasteiger partial charge in [0.1, 0.15) is 11.5 Å². The summed E-state index contributed by atoms with van der Waals surface area (Å²) in [4.78, 5) is 50.9. The monoisotopic (exact) mass is 407 g/mol. The normalized spacial score (nSPS) is 17.6. The van der Waals surface area contributed by atoms with Crippen LogP contribution in [-0.4, -0.2) is 47.8 Å². The zero-order valence-electron chi connectivity index (χ0n) is 15.9. The summed E-state index contributed by atoms with van der Waals surface area (Å²) in [7, 11) is 0. The van der Waals surface area contributed by atoms with Gasteiger partial charge in [-0.25, -0.2) is 0 Å². The van der Waals surface area contributed by atoms with Crippen LogP contribution in [0.25, 0.3) is 0 Å². The highest BCUT2D eigenvalue weighted by atomic mass is 32.1. The van der Waals surface area contributed by atoms with E-state index in [1.807, 2.05) is 0 Å². The minimum atomic E-state index is -1.05. The average molecular weight is 407 g/mol. The number of carbonyl (C=O) groups is 4. The number of thiophene rings is 1. The Morgan fingerprint density at radius 1 is 1.18 bits per heavy atom. The van der Waals surface area contributed by atoms with Crippen molar-refractivity contribution in [2.45, 2.75) is 58.0 Å². The van der Waals surface area contributed by atoms with Crippen LogP contribution in [0, 0.1) is 0 Å². The maximum atomic E-state index is 12.4. The summed E-state index contributed by atoms with van der Waals surface area (Å²) < 4.78 is 5.20. The lowest BCUT2D eigenvalue weighted by Gasteiger charge is -2.20. The van der Waals surface area contributed by atoms with Gasteiger partial charge in [-0.15, -0.1) is 11.3 Å². The molecule has 3 N–H and O–H groups in total. The lowest BCUT2D eigenvalue weighted by Crippen LogP contribution is -2.38. The molecule has 0 unspecified atom stereocenters. The van der Waals surface area contributed by atoms with Crippen molar-refractivity contribution in [2.75, 3.05) is 18.4 Å². The second-order valence-electron chi connectivity index (χ2n) is 7.17. The Kier molecular flexibility index (Phi) is 6.33. The Labute approximate surface area is 167 Å². The first kappa shape index (κ1) is 20.3. The molecule has 1 aromatic rings. The molecule has 3 amide bonds. The molecule has 2 aliphatic rings. The maximum absolute atomic E-state index is 12.4. The molecule has 8 nitrogen and oxygen atoms in total. The van der Waals surface area contributed by atoms with Gasteiger partial charge >= 0.3 is 5.97 Å². The number of esters is 1. The predicted octanol–water partition coefficient (Wildman–Crippen LogP) is 1.61. The molecule has 1 atom stereocenters. The van der Waals surface area contributed by atoms with Crippen molar-refractivity contribution in [1.29, 1.82) is 0 Å². The van der Waals surface area contributed by atoms with Crippen LogP contribution < -0.4 is 11.1 Å². The van der Waals surface area contributed by atoms with Crippen molar-refractivity contribution >= 4 is 40.0 Å². The minimum absolute atomic E-state index is 0.0641. The smallest absolute Gasteiger partial charge is 0.326 e. The van der Waals surface area contributed by atoms with Crippen LogP contribution in [0.15, 0.2) is 0 Å². The number of rotatable bonds is 6. The van der Waals surface area contributed by atoms with Crippen molar-refractivity contribution in [3.05, 3.63) is 16.0 Å². The molecule has 28 heavy (non-hydrogen) atoms.